The van der Waals surface area contributed by atoms with Gasteiger partial charge in [0, 0.05) is 38.3 Å². The zero-order valence-electron chi connectivity index (χ0n) is 18.1. The summed E-state index contributed by atoms with van der Waals surface area (Å²) in [5, 5.41) is 5.12. The van der Waals surface area contributed by atoms with Gasteiger partial charge in [-0.15, -0.1) is 0 Å². The topological polar surface area (TPSA) is 106 Å². The van der Waals surface area contributed by atoms with Crippen LogP contribution in [0.25, 0.3) is 0 Å². The molecule has 0 radical (unpaired) electrons. The van der Waals surface area contributed by atoms with E-state index >= 15 is 0 Å². The van der Waals surface area contributed by atoms with Crippen LogP contribution in [0.1, 0.15) is 24.2 Å². The second kappa shape index (κ2) is 9.76. The number of ether oxygens (including phenoxy) is 1. The molecule has 8 nitrogen and oxygen atoms in total. The minimum Gasteiger partial charge on any atom is -0.468 e. The van der Waals surface area contributed by atoms with E-state index in [1.807, 2.05) is 6.92 Å². The number of nitrogens with zero attached hydrogens (tertiary/aromatic N) is 3. The van der Waals surface area contributed by atoms with Crippen molar-refractivity contribution in [1.29, 1.82) is 0 Å². The van der Waals surface area contributed by atoms with Crippen molar-refractivity contribution < 1.29 is 22.3 Å². The molecule has 2 aromatic rings. The summed E-state index contributed by atoms with van der Waals surface area (Å²) in [6, 6.07) is 7.62. The Morgan fingerprint density at radius 3 is 2.69 bits per heavy atom. The smallest absolute Gasteiger partial charge is 0.246 e. The van der Waals surface area contributed by atoms with Crippen molar-refractivity contribution in [3.63, 3.8) is 0 Å². The number of aryl methyl sites for hydroxylation is 1. The van der Waals surface area contributed by atoms with Gasteiger partial charge < -0.3 is 9.64 Å². The number of hydrogen-bond donors (Lipinski definition) is 1. The van der Waals surface area contributed by atoms with Crippen molar-refractivity contribution in [3.8, 4) is 5.88 Å². The van der Waals surface area contributed by atoms with E-state index in [2.05, 4.69) is 16.5 Å². The molecule has 0 spiro atoms. The number of aromatic nitrogens is 1. The number of carbonyl (C=O) groups is 1. The molecule has 1 aliphatic heterocycles. The van der Waals surface area contributed by atoms with Gasteiger partial charge in [0.15, 0.2) is 0 Å². The van der Waals surface area contributed by atoms with Crippen molar-refractivity contribution >= 4 is 15.9 Å². The van der Waals surface area contributed by atoms with Crippen LogP contribution in [0.15, 0.2) is 54.1 Å². The number of pyridine rings is 1. The molecular weight excluding hydrogens is 435 g/mol. The van der Waals surface area contributed by atoms with E-state index in [1.165, 1.54) is 24.3 Å². The van der Waals surface area contributed by atoms with Gasteiger partial charge in [0.05, 0.1) is 6.20 Å². The van der Waals surface area contributed by atoms with Gasteiger partial charge in [-0.3, -0.25) is 9.69 Å². The number of primary sulfonamides is 1. The summed E-state index contributed by atoms with van der Waals surface area (Å²) >= 11 is 0. The number of hydrogen-bond acceptors (Lipinski definition) is 6. The third-order valence-electron chi connectivity index (χ3n) is 5.46. The number of piperazine rings is 1. The maximum absolute atomic E-state index is 14.3. The molecule has 2 heterocycles. The Hall–Kier alpha value is -2.82. The molecule has 2 atom stereocenters. The van der Waals surface area contributed by atoms with Crippen LogP contribution in [0.4, 0.5) is 4.39 Å². The van der Waals surface area contributed by atoms with Gasteiger partial charge in [-0.25, -0.2) is 22.9 Å². The van der Waals surface area contributed by atoms with Crippen LogP contribution in [0.2, 0.25) is 0 Å². The quantitative estimate of drug-likeness (QED) is 0.631. The first kappa shape index (κ1) is 23.8. The maximum atomic E-state index is 14.3. The summed E-state index contributed by atoms with van der Waals surface area (Å²) < 4.78 is 43.2. The molecule has 0 bridgehead atoms. The molecule has 1 amide bonds. The minimum atomic E-state index is -3.87. The van der Waals surface area contributed by atoms with E-state index in [9.17, 15) is 17.6 Å². The van der Waals surface area contributed by atoms with Crippen LogP contribution in [-0.4, -0.2) is 61.3 Å². The molecule has 2 N–H and O–H groups in total. The third-order valence-corrected chi connectivity index (χ3v) is 6.36. The number of rotatable bonds is 7. The Kier molecular flexibility index (Phi) is 7.27. The zero-order valence-corrected chi connectivity index (χ0v) is 18.9. The van der Waals surface area contributed by atoms with Crippen LogP contribution in [0.3, 0.4) is 0 Å². The summed E-state index contributed by atoms with van der Waals surface area (Å²) in [5.74, 6) is -0.259. The fourth-order valence-corrected chi connectivity index (χ4v) is 4.11. The number of carbonyl (C=O) groups excluding carboxylic acids is 1. The molecule has 172 valence electrons. The van der Waals surface area contributed by atoms with Crippen LogP contribution >= 0.6 is 0 Å². The lowest BCUT2D eigenvalue weighted by atomic mass is 10.0. The summed E-state index contributed by atoms with van der Waals surface area (Å²) in [4.78, 5) is 19.8. The van der Waals surface area contributed by atoms with E-state index in [0.29, 0.717) is 37.3 Å². The largest absolute Gasteiger partial charge is 0.468 e. The molecule has 32 heavy (non-hydrogen) atoms. The van der Waals surface area contributed by atoms with Crippen molar-refractivity contribution in [3.05, 3.63) is 66.1 Å². The average molecular weight is 463 g/mol. The number of nitrogens with two attached hydrogens (primary N) is 1. The first-order valence-corrected chi connectivity index (χ1v) is 11.7. The van der Waals surface area contributed by atoms with E-state index < -0.39 is 16.1 Å². The fourth-order valence-electron chi connectivity index (χ4n) is 3.65. The molecule has 0 unspecified atom stereocenters. The Morgan fingerprint density at radius 1 is 1.38 bits per heavy atom. The minimum absolute atomic E-state index is 0.0168. The highest BCUT2D eigenvalue weighted by molar-refractivity contribution is 7.89. The van der Waals surface area contributed by atoms with Gasteiger partial charge in [-0.2, -0.15) is 0 Å². The Morgan fingerprint density at radius 2 is 2.12 bits per heavy atom. The van der Waals surface area contributed by atoms with Crippen molar-refractivity contribution in [1.82, 2.24) is 14.8 Å². The highest BCUT2D eigenvalue weighted by atomic mass is 32.2. The number of benzene rings is 1. The molecule has 1 fully saturated rings. The van der Waals surface area contributed by atoms with Crippen molar-refractivity contribution in [2.75, 3.05) is 26.2 Å². The monoisotopic (exact) mass is 462 g/mol. The highest BCUT2D eigenvalue weighted by Gasteiger charge is 2.29. The molecule has 10 heteroatoms. The van der Waals surface area contributed by atoms with Gasteiger partial charge in [0.1, 0.15) is 16.8 Å². The first-order chi connectivity index (χ1) is 15.1. The lowest BCUT2D eigenvalue weighted by molar-refractivity contribution is -0.130. The Labute approximate surface area is 187 Å². The van der Waals surface area contributed by atoms with Gasteiger partial charge >= 0.3 is 0 Å². The van der Waals surface area contributed by atoms with Crippen molar-refractivity contribution in [2.24, 2.45) is 5.14 Å². The van der Waals surface area contributed by atoms with E-state index in [0.717, 1.165) is 6.20 Å². The van der Waals surface area contributed by atoms with Crippen molar-refractivity contribution in [2.45, 2.75) is 30.9 Å². The zero-order chi connectivity index (χ0) is 23.5. The number of amides is 1. The predicted molar refractivity (Wildman–Crippen MR) is 118 cm³/mol. The van der Waals surface area contributed by atoms with E-state index in [4.69, 9.17) is 9.88 Å². The maximum Gasteiger partial charge on any atom is 0.246 e. The molecular formula is C22H27FN4O4S. The lowest BCUT2D eigenvalue weighted by Crippen LogP contribution is -2.54. The van der Waals surface area contributed by atoms with Crippen LogP contribution in [0.5, 0.6) is 5.88 Å². The second-order valence-corrected chi connectivity index (χ2v) is 9.40. The predicted octanol–water partition coefficient (Wildman–Crippen LogP) is 2.02. The molecule has 0 saturated carbocycles. The fraction of sp³-hybridized carbons (Fsp3) is 0.364. The average Bonchev–Trinajstić information content (AvgIpc) is 2.74. The van der Waals surface area contributed by atoms with Crippen LogP contribution in [0, 0.1) is 12.7 Å². The first-order valence-electron chi connectivity index (χ1n) is 10.2. The summed E-state index contributed by atoms with van der Waals surface area (Å²) in [6.07, 6.45) is 1.87. The van der Waals surface area contributed by atoms with Gasteiger partial charge in [0.25, 0.3) is 0 Å². The summed E-state index contributed by atoms with van der Waals surface area (Å²) in [5.41, 5.74) is 1.15. The second-order valence-electron chi connectivity index (χ2n) is 7.84. The van der Waals surface area contributed by atoms with E-state index in [-0.39, 0.29) is 28.5 Å². The third kappa shape index (κ3) is 5.70. The summed E-state index contributed by atoms with van der Waals surface area (Å²) in [6.45, 7) is 9.40. The Bertz CT molecular complexity index is 1090. The Balaban J connectivity index is 1.81. The van der Waals surface area contributed by atoms with Gasteiger partial charge in [-0.05, 0) is 43.2 Å². The van der Waals surface area contributed by atoms with E-state index in [1.54, 1.807) is 24.0 Å². The number of halogens is 1. The molecule has 1 aliphatic rings. The number of sulfonamides is 1. The normalized spacial score (nSPS) is 18.2. The van der Waals surface area contributed by atoms with Crippen LogP contribution < -0.4 is 9.88 Å². The van der Waals surface area contributed by atoms with Gasteiger partial charge in [-0.1, -0.05) is 18.7 Å². The highest BCUT2D eigenvalue weighted by Crippen LogP contribution is 2.25. The molecule has 0 aliphatic carbocycles. The standard InChI is InChI=1S/C22H27FN4O4S/c1-4-22(28)27-10-9-26(13-16(27)3)14-20(17-6-5-15(2)19(23)11-17)31-21-8-7-18(12-25-21)32(24,29)30/h4-8,11-12,16,20H,1,9-10,13-14H2,2-3H3,(H2,24,29,30)/t16-,20+/m1/s1. The molecule has 1 aromatic carbocycles. The van der Waals surface area contributed by atoms with Gasteiger partial charge in [0.2, 0.25) is 21.8 Å². The summed E-state index contributed by atoms with van der Waals surface area (Å²) in [7, 11) is -3.87. The molecule has 1 aromatic heterocycles. The molecule has 3 rings (SSSR count). The SMILES string of the molecule is C=CC(=O)N1CCN(C[C@H](Oc2ccc(S(N)(=O)=O)cn2)c2ccc(C)c(F)c2)C[C@H]1C. The molecule has 1 saturated heterocycles. The lowest BCUT2D eigenvalue weighted by Gasteiger charge is -2.40. The van der Waals surface area contributed by atoms with Crippen LogP contribution in [-0.2, 0) is 14.8 Å².